The number of hydrogen-bond acceptors (Lipinski definition) is 1. The Labute approximate surface area is 97.1 Å². The highest BCUT2D eigenvalue weighted by molar-refractivity contribution is 5.95. The topological polar surface area (TPSA) is 29.1 Å². The van der Waals surface area contributed by atoms with E-state index in [2.05, 4.69) is 11.4 Å². The van der Waals surface area contributed by atoms with Gasteiger partial charge in [0.05, 0.1) is 0 Å². The molecule has 2 rings (SSSR count). The minimum Gasteiger partial charge on any atom is -0.326 e. The molecule has 0 bridgehead atoms. The van der Waals surface area contributed by atoms with E-state index in [0.717, 1.165) is 30.5 Å². The van der Waals surface area contributed by atoms with Gasteiger partial charge in [-0.15, -0.1) is 0 Å². The Hall–Kier alpha value is -1.31. The van der Waals surface area contributed by atoms with Crippen molar-refractivity contribution in [1.29, 1.82) is 0 Å². The first-order valence-corrected chi connectivity index (χ1v) is 6.22. The second kappa shape index (κ2) is 5.69. The fraction of sp³-hybridized carbons (Fsp3) is 0.500. The highest BCUT2D eigenvalue weighted by Crippen LogP contribution is 2.17. The number of carbonyl (C=O) groups excluding carboxylic acids is 1. The van der Waals surface area contributed by atoms with Gasteiger partial charge in [0.25, 0.3) is 5.91 Å². The van der Waals surface area contributed by atoms with E-state index < -0.39 is 0 Å². The Balaban J connectivity index is 1.89. The molecule has 16 heavy (non-hydrogen) atoms. The van der Waals surface area contributed by atoms with Crippen molar-refractivity contribution in [3.05, 3.63) is 35.6 Å². The summed E-state index contributed by atoms with van der Waals surface area (Å²) >= 11 is 0. The van der Waals surface area contributed by atoms with Gasteiger partial charge in [-0.2, -0.15) is 0 Å². The van der Waals surface area contributed by atoms with E-state index in [9.17, 15) is 4.79 Å². The third-order valence-corrected chi connectivity index (χ3v) is 3.13. The predicted molar refractivity (Wildman–Crippen MR) is 65.8 cm³/mol. The van der Waals surface area contributed by atoms with Crippen molar-refractivity contribution >= 4 is 5.91 Å². The predicted octanol–water partition coefficient (Wildman–Crippen LogP) is 3.23. The average Bonchev–Trinajstić information content (AvgIpc) is 2.74. The van der Waals surface area contributed by atoms with Crippen molar-refractivity contribution in [1.82, 2.24) is 5.32 Å². The number of nitrogens with one attached hydrogen (secondary N) is 1. The summed E-state index contributed by atoms with van der Waals surface area (Å²) in [6, 6.07) is 0. The van der Waals surface area contributed by atoms with E-state index in [0.29, 0.717) is 0 Å². The SMILES string of the molecule is O=C(NC1=CCCCCCC1)C1=CC=CC1. The highest BCUT2D eigenvalue weighted by atomic mass is 16.1. The van der Waals surface area contributed by atoms with Gasteiger partial charge in [0, 0.05) is 11.3 Å². The quantitative estimate of drug-likeness (QED) is 0.756. The van der Waals surface area contributed by atoms with Crippen LogP contribution in [0.1, 0.15) is 44.9 Å². The molecular weight excluding hydrogens is 198 g/mol. The standard InChI is InChI=1S/C14H19NO/c16-14(12-8-6-7-9-12)15-13-10-4-2-1-3-5-11-13/h6-8,10H,1-5,9,11H2,(H,15,16). The minimum atomic E-state index is 0.0804. The van der Waals surface area contributed by atoms with Gasteiger partial charge in [-0.25, -0.2) is 0 Å². The first-order valence-electron chi connectivity index (χ1n) is 6.22. The third kappa shape index (κ3) is 3.09. The smallest absolute Gasteiger partial charge is 0.251 e. The molecular formula is C14H19NO. The van der Waals surface area contributed by atoms with Crippen LogP contribution in [-0.4, -0.2) is 5.91 Å². The molecule has 1 N–H and O–H groups in total. The second-order valence-electron chi connectivity index (χ2n) is 4.46. The normalized spacial score (nSPS) is 20.8. The van der Waals surface area contributed by atoms with Crippen LogP contribution in [0.3, 0.4) is 0 Å². The Bertz CT molecular complexity index is 350. The van der Waals surface area contributed by atoms with Crippen LogP contribution >= 0.6 is 0 Å². The van der Waals surface area contributed by atoms with Crippen molar-refractivity contribution < 1.29 is 4.79 Å². The van der Waals surface area contributed by atoms with Crippen molar-refractivity contribution in [2.45, 2.75) is 44.9 Å². The number of rotatable bonds is 2. The lowest BCUT2D eigenvalue weighted by Crippen LogP contribution is -2.24. The van der Waals surface area contributed by atoms with Crippen molar-refractivity contribution in [2.24, 2.45) is 0 Å². The van der Waals surface area contributed by atoms with Gasteiger partial charge in [0.15, 0.2) is 0 Å². The van der Waals surface area contributed by atoms with E-state index in [1.807, 2.05) is 18.2 Å². The zero-order valence-corrected chi connectivity index (χ0v) is 9.67. The molecule has 0 spiro atoms. The third-order valence-electron chi connectivity index (χ3n) is 3.13. The van der Waals surface area contributed by atoms with Gasteiger partial charge in [0.2, 0.25) is 0 Å². The van der Waals surface area contributed by atoms with Crippen LogP contribution in [0.15, 0.2) is 35.6 Å². The lowest BCUT2D eigenvalue weighted by atomic mass is 10.0. The molecule has 0 aliphatic heterocycles. The molecule has 0 fully saturated rings. The molecule has 0 heterocycles. The number of hydrogen-bond donors (Lipinski definition) is 1. The molecule has 0 unspecified atom stereocenters. The van der Waals surface area contributed by atoms with Gasteiger partial charge in [-0.1, -0.05) is 37.1 Å². The monoisotopic (exact) mass is 217 g/mol. The van der Waals surface area contributed by atoms with Gasteiger partial charge in [-0.05, 0) is 32.1 Å². The van der Waals surface area contributed by atoms with Crippen molar-refractivity contribution in [2.75, 3.05) is 0 Å². The Morgan fingerprint density at radius 3 is 2.88 bits per heavy atom. The Morgan fingerprint density at radius 1 is 1.19 bits per heavy atom. The van der Waals surface area contributed by atoms with E-state index in [1.54, 1.807) is 0 Å². The van der Waals surface area contributed by atoms with Crippen molar-refractivity contribution in [3.8, 4) is 0 Å². The summed E-state index contributed by atoms with van der Waals surface area (Å²) in [5, 5.41) is 3.04. The maximum atomic E-state index is 11.9. The first kappa shape index (κ1) is 11.2. The van der Waals surface area contributed by atoms with Crippen molar-refractivity contribution in [3.63, 3.8) is 0 Å². The van der Waals surface area contributed by atoms with Crippen LogP contribution in [0.25, 0.3) is 0 Å². The summed E-state index contributed by atoms with van der Waals surface area (Å²) in [7, 11) is 0. The fourth-order valence-corrected chi connectivity index (χ4v) is 2.15. The molecule has 1 amide bonds. The second-order valence-corrected chi connectivity index (χ2v) is 4.46. The Morgan fingerprint density at radius 2 is 2.06 bits per heavy atom. The first-order chi connectivity index (χ1) is 7.86. The molecule has 2 nitrogen and oxygen atoms in total. The summed E-state index contributed by atoms with van der Waals surface area (Å²) in [5.74, 6) is 0.0804. The maximum Gasteiger partial charge on any atom is 0.251 e. The van der Waals surface area contributed by atoms with Gasteiger partial charge >= 0.3 is 0 Å². The zero-order chi connectivity index (χ0) is 11.2. The van der Waals surface area contributed by atoms with E-state index in [-0.39, 0.29) is 5.91 Å². The lowest BCUT2D eigenvalue weighted by Gasteiger charge is -2.13. The summed E-state index contributed by atoms with van der Waals surface area (Å²) in [5.41, 5.74) is 2.00. The largest absolute Gasteiger partial charge is 0.326 e. The summed E-state index contributed by atoms with van der Waals surface area (Å²) in [6.45, 7) is 0. The molecule has 2 aliphatic rings. The summed E-state index contributed by atoms with van der Waals surface area (Å²) in [4.78, 5) is 11.9. The van der Waals surface area contributed by atoms with E-state index >= 15 is 0 Å². The van der Waals surface area contributed by atoms with Gasteiger partial charge in [-0.3, -0.25) is 4.79 Å². The van der Waals surface area contributed by atoms with Crippen LogP contribution in [-0.2, 0) is 4.79 Å². The molecule has 0 atom stereocenters. The van der Waals surface area contributed by atoms with E-state index in [1.165, 1.54) is 25.7 Å². The number of carbonyl (C=O) groups is 1. The average molecular weight is 217 g/mol. The van der Waals surface area contributed by atoms with Crippen LogP contribution in [0.4, 0.5) is 0 Å². The maximum absolute atomic E-state index is 11.9. The van der Waals surface area contributed by atoms with Gasteiger partial charge in [0.1, 0.15) is 0 Å². The number of amides is 1. The molecule has 0 saturated heterocycles. The minimum absolute atomic E-state index is 0.0804. The van der Waals surface area contributed by atoms with E-state index in [4.69, 9.17) is 0 Å². The summed E-state index contributed by atoms with van der Waals surface area (Å²) in [6.07, 6.45) is 16.0. The molecule has 86 valence electrons. The summed E-state index contributed by atoms with van der Waals surface area (Å²) < 4.78 is 0. The molecule has 2 aliphatic carbocycles. The molecule has 2 heteroatoms. The van der Waals surface area contributed by atoms with Crippen LogP contribution in [0.2, 0.25) is 0 Å². The molecule has 0 radical (unpaired) electrons. The highest BCUT2D eigenvalue weighted by Gasteiger charge is 2.11. The molecule has 0 saturated carbocycles. The Kier molecular flexibility index (Phi) is 3.97. The van der Waals surface area contributed by atoms with Crippen LogP contribution < -0.4 is 5.32 Å². The molecule has 0 aromatic rings. The van der Waals surface area contributed by atoms with Crippen LogP contribution in [0, 0.1) is 0 Å². The van der Waals surface area contributed by atoms with Gasteiger partial charge < -0.3 is 5.32 Å². The van der Waals surface area contributed by atoms with Crippen LogP contribution in [0.5, 0.6) is 0 Å². The molecule has 0 aromatic heterocycles. The zero-order valence-electron chi connectivity index (χ0n) is 9.67. The molecule has 0 aromatic carbocycles. The fourth-order valence-electron chi connectivity index (χ4n) is 2.15. The lowest BCUT2D eigenvalue weighted by molar-refractivity contribution is -0.116. The number of allylic oxidation sites excluding steroid dienone is 5.